The summed E-state index contributed by atoms with van der Waals surface area (Å²) in [6.45, 7) is 4.70. The Kier molecular flexibility index (Phi) is 4.77. The van der Waals surface area contributed by atoms with Gasteiger partial charge >= 0.3 is 0 Å². The van der Waals surface area contributed by atoms with Crippen LogP contribution in [0.3, 0.4) is 0 Å². The first-order valence-electron chi connectivity index (χ1n) is 7.60. The number of rotatable bonds is 5. The van der Waals surface area contributed by atoms with Crippen LogP contribution >= 0.6 is 0 Å². The molecule has 0 amide bonds. The average molecular weight is 309 g/mol. The molecular weight excluding hydrogens is 286 g/mol. The quantitative estimate of drug-likeness (QED) is 0.809. The minimum Gasteiger partial charge on any atom is -0.374 e. The molecule has 4 atom stereocenters. The monoisotopic (exact) mass is 309 g/mol. The van der Waals surface area contributed by atoms with Crippen LogP contribution in [0.15, 0.2) is 30.3 Å². The maximum atomic E-state index is 9.28. The van der Waals surface area contributed by atoms with Gasteiger partial charge in [-0.05, 0) is 19.4 Å². The van der Waals surface area contributed by atoms with Crippen molar-refractivity contribution in [3.8, 4) is 0 Å². The van der Waals surface area contributed by atoms with Crippen LogP contribution in [-0.4, -0.2) is 42.1 Å². The van der Waals surface area contributed by atoms with Crippen molar-refractivity contribution in [2.45, 2.75) is 57.2 Å². The Morgan fingerprint density at radius 2 is 2.05 bits per heavy atom. The normalized spacial score (nSPS) is 33.6. The van der Waals surface area contributed by atoms with Gasteiger partial charge in [0, 0.05) is 6.42 Å². The Bertz CT molecular complexity index is 481. The standard InChI is InChI=1S/C16H23NO5/c1-16(2)21-13-8-12(20-15(17-18)14(13)22-16)10-19-9-11-6-4-3-5-7-11/h3-7,12-15,17-18H,8-10H2,1-2H3. The van der Waals surface area contributed by atoms with Gasteiger partial charge in [-0.3, -0.25) is 0 Å². The van der Waals surface area contributed by atoms with E-state index in [-0.39, 0.29) is 18.3 Å². The molecule has 2 aliphatic rings. The van der Waals surface area contributed by atoms with Gasteiger partial charge in [0.25, 0.3) is 0 Å². The highest BCUT2D eigenvalue weighted by molar-refractivity contribution is 5.13. The summed E-state index contributed by atoms with van der Waals surface area (Å²) in [5, 5.41) is 9.28. The van der Waals surface area contributed by atoms with Crippen molar-refractivity contribution in [3.63, 3.8) is 0 Å². The SMILES string of the molecule is CC1(C)OC2CC(COCc3ccccc3)OC(NO)C2O1. The van der Waals surface area contributed by atoms with E-state index in [9.17, 15) is 5.21 Å². The summed E-state index contributed by atoms with van der Waals surface area (Å²) < 4.78 is 23.1. The maximum Gasteiger partial charge on any atom is 0.163 e. The van der Waals surface area contributed by atoms with Crippen LogP contribution in [0.2, 0.25) is 0 Å². The van der Waals surface area contributed by atoms with E-state index in [2.05, 4.69) is 5.48 Å². The topological polar surface area (TPSA) is 69.2 Å². The zero-order valence-corrected chi connectivity index (χ0v) is 12.9. The van der Waals surface area contributed by atoms with Gasteiger partial charge in [0.15, 0.2) is 12.0 Å². The van der Waals surface area contributed by atoms with Crippen molar-refractivity contribution in [1.82, 2.24) is 5.48 Å². The van der Waals surface area contributed by atoms with Crippen LogP contribution in [-0.2, 0) is 25.6 Å². The molecule has 2 fully saturated rings. The summed E-state index contributed by atoms with van der Waals surface area (Å²) >= 11 is 0. The molecule has 22 heavy (non-hydrogen) atoms. The molecular formula is C16H23NO5. The van der Waals surface area contributed by atoms with Gasteiger partial charge in [0.1, 0.15) is 6.10 Å². The summed E-state index contributed by atoms with van der Waals surface area (Å²) in [4.78, 5) is 0. The van der Waals surface area contributed by atoms with E-state index in [1.807, 2.05) is 44.2 Å². The van der Waals surface area contributed by atoms with E-state index < -0.39 is 12.0 Å². The zero-order valence-electron chi connectivity index (χ0n) is 12.9. The number of benzene rings is 1. The molecule has 0 radical (unpaired) electrons. The molecule has 2 heterocycles. The maximum absolute atomic E-state index is 9.28. The fourth-order valence-corrected chi connectivity index (χ4v) is 3.00. The molecule has 1 aromatic carbocycles. The Labute approximate surface area is 130 Å². The van der Waals surface area contributed by atoms with Crippen molar-refractivity contribution in [1.29, 1.82) is 0 Å². The summed E-state index contributed by atoms with van der Waals surface area (Å²) in [5.74, 6) is -0.659. The molecule has 2 N–H and O–H groups in total. The molecule has 122 valence electrons. The highest BCUT2D eigenvalue weighted by Crippen LogP contribution is 2.36. The van der Waals surface area contributed by atoms with Crippen LogP contribution < -0.4 is 5.48 Å². The molecule has 3 rings (SSSR count). The molecule has 0 aliphatic carbocycles. The van der Waals surface area contributed by atoms with E-state index in [1.165, 1.54) is 0 Å². The minimum atomic E-state index is -0.659. The van der Waals surface area contributed by atoms with Crippen molar-refractivity contribution in [2.24, 2.45) is 0 Å². The third kappa shape index (κ3) is 3.65. The van der Waals surface area contributed by atoms with Crippen molar-refractivity contribution < 1.29 is 24.2 Å². The first-order valence-corrected chi connectivity index (χ1v) is 7.60. The van der Waals surface area contributed by atoms with Gasteiger partial charge in [-0.1, -0.05) is 30.3 Å². The highest BCUT2D eigenvalue weighted by Gasteiger charge is 2.50. The lowest BCUT2D eigenvalue weighted by Gasteiger charge is -2.35. The van der Waals surface area contributed by atoms with Gasteiger partial charge in [0.05, 0.1) is 25.4 Å². The number of nitrogens with one attached hydrogen (secondary N) is 1. The second kappa shape index (κ2) is 6.62. The van der Waals surface area contributed by atoms with E-state index in [4.69, 9.17) is 18.9 Å². The molecule has 2 aliphatic heterocycles. The van der Waals surface area contributed by atoms with Gasteiger partial charge in [-0.15, -0.1) is 0 Å². The second-order valence-electron chi connectivity index (χ2n) is 6.18. The predicted octanol–water partition coefficient (Wildman–Crippen LogP) is 1.82. The Hall–Kier alpha value is -1.02. The van der Waals surface area contributed by atoms with E-state index in [0.717, 1.165) is 5.56 Å². The third-order valence-electron chi connectivity index (χ3n) is 3.90. The Morgan fingerprint density at radius 1 is 1.27 bits per heavy atom. The van der Waals surface area contributed by atoms with Gasteiger partial charge in [-0.25, -0.2) is 0 Å². The number of hydrogen-bond acceptors (Lipinski definition) is 6. The van der Waals surface area contributed by atoms with Crippen molar-refractivity contribution >= 4 is 0 Å². The highest BCUT2D eigenvalue weighted by atomic mass is 16.8. The van der Waals surface area contributed by atoms with Crippen LogP contribution in [0.25, 0.3) is 0 Å². The van der Waals surface area contributed by atoms with Crippen LogP contribution in [0.4, 0.5) is 0 Å². The smallest absolute Gasteiger partial charge is 0.163 e. The van der Waals surface area contributed by atoms with Gasteiger partial charge in [-0.2, -0.15) is 5.48 Å². The predicted molar refractivity (Wildman–Crippen MR) is 78.1 cm³/mol. The first-order chi connectivity index (χ1) is 10.6. The largest absolute Gasteiger partial charge is 0.374 e. The molecule has 0 bridgehead atoms. The fraction of sp³-hybridized carbons (Fsp3) is 0.625. The summed E-state index contributed by atoms with van der Waals surface area (Å²) in [6.07, 6.45) is -0.497. The molecule has 1 aromatic rings. The summed E-state index contributed by atoms with van der Waals surface area (Å²) in [5.41, 5.74) is 3.29. The first kappa shape index (κ1) is 15.9. The lowest BCUT2D eigenvalue weighted by Crippen LogP contribution is -2.53. The summed E-state index contributed by atoms with van der Waals surface area (Å²) in [6, 6.07) is 9.99. The van der Waals surface area contributed by atoms with E-state index in [0.29, 0.717) is 19.6 Å². The summed E-state index contributed by atoms with van der Waals surface area (Å²) in [7, 11) is 0. The molecule has 0 spiro atoms. The number of hydrogen-bond donors (Lipinski definition) is 2. The van der Waals surface area contributed by atoms with E-state index >= 15 is 0 Å². The van der Waals surface area contributed by atoms with Crippen molar-refractivity contribution in [3.05, 3.63) is 35.9 Å². The molecule has 6 nitrogen and oxygen atoms in total. The lowest BCUT2D eigenvalue weighted by molar-refractivity contribution is -0.198. The van der Waals surface area contributed by atoms with Crippen LogP contribution in [0.5, 0.6) is 0 Å². The Balaban J connectivity index is 1.52. The number of hydroxylamine groups is 1. The van der Waals surface area contributed by atoms with Crippen LogP contribution in [0.1, 0.15) is 25.8 Å². The molecule has 4 unspecified atom stereocenters. The van der Waals surface area contributed by atoms with Crippen molar-refractivity contribution in [2.75, 3.05) is 6.61 Å². The zero-order chi connectivity index (χ0) is 15.6. The average Bonchev–Trinajstić information content (AvgIpc) is 2.81. The fourth-order valence-electron chi connectivity index (χ4n) is 3.00. The molecule has 2 saturated heterocycles. The Morgan fingerprint density at radius 3 is 2.77 bits per heavy atom. The number of fused-ring (bicyclic) bond motifs is 1. The molecule has 0 saturated carbocycles. The lowest BCUT2D eigenvalue weighted by atomic mass is 10.0. The van der Waals surface area contributed by atoms with Gasteiger partial charge in [0.2, 0.25) is 0 Å². The minimum absolute atomic E-state index is 0.112. The molecule has 6 heteroatoms. The van der Waals surface area contributed by atoms with E-state index in [1.54, 1.807) is 0 Å². The molecule has 0 aromatic heterocycles. The second-order valence-corrected chi connectivity index (χ2v) is 6.18. The number of ether oxygens (including phenoxy) is 4. The van der Waals surface area contributed by atoms with Crippen LogP contribution in [0, 0.1) is 0 Å². The third-order valence-corrected chi connectivity index (χ3v) is 3.90. The van der Waals surface area contributed by atoms with Gasteiger partial charge < -0.3 is 24.2 Å².